The summed E-state index contributed by atoms with van der Waals surface area (Å²) >= 11 is 0. The molecule has 3 saturated heterocycles. The van der Waals surface area contributed by atoms with Crippen LogP contribution in [-0.4, -0.2) is 81.2 Å². The quantitative estimate of drug-likeness (QED) is 0.221. The van der Waals surface area contributed by atoms with Gasteiger partial charge in [0.1, 0.15) is 24.5 Å². The Morgan fingerprint density at radius 1 is 1.00 bits per heavy atom. The third kappa shape index (κ3) is 5.79. The number of nitrogens with zero attached hydrogens (tertiary/aromatic N) is 6. The number of imide groups is 1. The molecule has 0 aliphatic carbocycles. The Labute approximate surface area is 296 Å². The number of nitrogens with one attached hydrogen (secondary N) is 2. The number of aryl methyl sites for hydroxylation is 1. The average molecular weight is 729 g/mol. The highest BCUT2D eigenvalue weighted by Crippen LogP contribution is 2.40. The Morgan fingerprint density at radius 2 is 1.77 bits per heavy atom. The van der Waals surface area contributed by atoms with E-state index < -0.39 is 45.8 Å². The first-order chi connectivity index (χ1) is 24.9. The molecule has 3 aliphatic heterocycles. The summed E-state index contributed by atoms with van der Waals surface area (Å²) in [4.78, 5) is 50.9. The summed E-state index contributed by atoms with van der Waals surface area (Å²) in [5.74, 6) is -3.33. The second kappa shape index (κ2) is 12.4. The van der Waals surface area contributed by atoms with Gasteiger partial charge in [0.2, 0.25) is 17.7 Å². The van der Waals surface area contributed by atoms with Crippen LogP contribution < -0.4 is 14.3 Å². The number of halogens is 1. The smallest absolute Gasteiger partial charge is 0.326 e. The standard InChI is InChI=1S/C35H33FN8O7S/c1-41-27-13-21(3-5-25(27)33(39-41)26-6-7-29(46)38-35(26)49)19-8-10-42(11-9-19)31(48)18-43-16-23(15-37-43)20-2-4-24-22(12-20)14-28(45)34(32(24)36)44-17-30(47)40-52(44,50)51/h2-5,12-16,19,26,45H,6-11,17-18H2,1H3,(H,40,47)(H,38,46,49). The molecule has 3 fully saturated rings. The number of likely N-dealkylation sites (tertiary alicyclic amines) is 1. The molecule has 0 spiro atoms. The van der Waals surface area contributed by atoms with E-state index in [1.807, 2.05) is 18.0 Å². The molecule has 5 aromatic rings. The van der Waals surface area contributed by atoms with Crippen molar-refractivity contribution in [2.75, 3.05) is 23.9 Å². The second-order valence-electron chi connectivity index (χ2n) is 13.4. The lowest BCUT2D eigenvalue weighted by molar-refractivity contribution is -0.135. The lowest BCUT2D eigenvalue weighted by Crippen LogP contribution is -2.39. The minimum Gasteiger partial charge on any atom is -0.506 e. The Kier molecular flexibility index (Phi) is 7.97. The third-order valence-electron chi connectivity index (χ3n) is 10.2. The molecule has 1 atom stereocenters. The maximum absolute atomic E-state index is 15.5. The Bertz CT molecular complexity index is 2450. The largest absolute Gasteiger partial charge is 0.506 e. The zero-order valence-corrected chi connectivity index (χ0v) is 28.7. The van der Waals surface area contributed by atoms with Crippen LogP contribution in [0.2, 0.25) is 0 Å². The van der Waals surface area contributed by atoms with Gasteiger partial charge in [0, 0.05) is 49.1 Å². The summed E-state index contributed by atoms with van der Waals surface area (Å²) in [6, 6.07) is 12.1. The van der Waals surface area contributed by atoms with Crippen LogP contribution in [0.25, 0.3) is 32.8 Å². The summed E-state index contributed by atoms with van der Waals surface area (Å²) in [5, 5.41) is 23.2. The van der Waals surface area contributed by atoms with Crippen LogP contribution in [0.1, 0.15) is 48.8 Å². The first-order valence-electron chi connectivity index (χ1n) is 16.8. The van der Waals surface area contributed by atoms with Gasteiger partial charge < -0.3 is 10.0 Å². The van der Waals surface area contributed by atoms with Crippen LogP contribution in [0.3, 0.4) is 0 Å². The lowest BCUT2D eigenvalue weighted by atomic mass is 9.88. The van der Waals surface area contributed by atoms with Gasteiger partial charge in [0.25, 0.3) is 5.91 Å². The molecule has 8 rings (SSSR count). The van der Waals surface area contributed by atoms with E-state index in [9.17, 15) is 32.7 Å². The molecule has 3 aromatic carbocycles. The molecule has 3 N–H and O–H groups in total. The van der Waals surface area contributed by atoms with Crippen molar-refractivity contribution < 1.29 is 37.1 Å². The first-order valence-corrected chi connectivity index (χ1v) is 18.2. The molecule has 0 bridgehead atoms. The van der Waals surface area contributed by atoms with Gasteiger partial charge in [-0.2, -0.15) is 18.6 Å². The zero-order valence-electron chi connectivity index (χ0n) is 27.9. The lowest BCUT2D eigenvalue weighted by Gasteiger charge is -2.32. The highest BCUT2D eigenvalue weighted by molar-refractivity contribution is 7.92. The molecule has 268 valence electrons. The number of hydrogen-bond donors (Lipinski definition) is 3. The number of hydrogen-bond acceptors (Lipinski definition) is 9. The van der Waals surface area contributed by atoms with E-state index in [-0.39, 0.29) is 42.0 Å². The number of carbonyl (C=O) groups is 4. The van der Waals surface area contributed by atoms with Gasteiger partial charge in [-0.25, -0.2) is 13.4 Å². The molecule has 0 saturated carbocycles. The predicted molar refractivity (Wildman–Crippen MR) is 186 cm³/mol. The Balaban J connectivity index is 0.919. The van der Waals surface area contributed by atoms with Crippen molar-refractivity contribution in [2.45, 2.75) is 44.1 Å². The van der Waals surface area contributed by atoms with Crippen LogP contribution in [0, 0.1) is 5.82 Å². The number of benzene rings is 3. The van der Waals surface area contributed by atoms with Crippen molar-refractivity contribution in [3.63, 3.8) is 0 Å². The molecule has 15 nitrogen and oxygen atoms in total. The summed E-state index contributed by atoms with van der Waals surface area (Å²) in [6.07, 6.45) is 5.56. The van der Waals surface area contributed by atoms with Gasteiger partial charge in [0.15, 0.2) is 5.82 Å². The van der Waals surface area contributed by atoms with Crippen molar-refractivity contribution >= 4 is 61.2 Å². The molecule has 2 aromatic heterocycles. The van der Waals surface area contributed by atoms with Crippen molar-refractivity contribution in [3.05, 3.63) is 71.9 Å². The number of phenols is 1. The number of phenolic OH excluding ortho intramolecular Hbond substituents is 1. The van der Waals surface area contributed by atoms with Crippen molar-refractivity contribution in [1.29, 1.82) is 0 Å². The Morgan fingerprint density at radius 3 is 2.50 bits per heavy atom. The number of fused-ring (bicyclic) bond motifs is 2. The topological polar surface area (TPSA) is 189 Å². The fourth-order valence-electron chi connectivity index (χ4n) is 7.47. The maximum Gasteiger partial charge on any atom is 0.326 e. The number of amides is 4. The van der Waals surface area contributed by atoms with Gasteiger partial charge >= 0.3 is 10.2 Å². The van der Waals surface area contributed by atoms with E-state index in [0.717, 1.165) is 29.3 Å². The van der Waals surface area contributed by atoms with Gasteiger partial charge in [-0.15, -0.1) is 0 Å². The van der Waals surface area contributed by atoms with E-state index in [1.165, 1.54) is 16.8 Å². The normalized spacial score (nSPS) is 19.4. The number of piperidine rings is 2. The van der Waals surface area contributed by atoms with E-state index in [2.05, 4.69) is 27.6 Å². The fraction of sp³-hybridized carbons (Fsp3) is 0.314. The van der Waals surface area contributed by atoms with Crippen LogP contribution in [0.4, 0.5) is 10.1 Å². The number of carbonyl (C=O) groups excluding carboxylic acids is 4. The van der Waals surface area contributed by atoms with Gasteiger partial charge in [-0.3, -0.25) is 33.9 Å². The SMILES string of the molecule is Cn1nc(C2CCC(=O)NC2=O)c2ccc(C3CCN(C(=O)Cn4cc(-c5ccc6c(F)c(N7CC(=O)NS7(=O)=O)c(O)cc6c5)cn4)CC3)cc21. The monoisotopic (exact) mass is 728 g/mol. The zero-order chi connectivity index (χ0) is 36.5. The molecule has 3 aliphatic rings. The minimum atomic E-state index is -4.33. The molecule has 0 radical (unpaired) electrons. The summed E-state index contributed by atoms with van der Waals surface area (Å²) in [5.41, 5.74) is 3.41. The van der Waals surface area contributed by atoms with Crippen LogP contribution in [-0.2, 0) is 43.0 Å². The minimum absolute atomic E-state index is 0.0260. The van der Waals surface area contributed by atoms with E-state index in [4.69, 9.17) is 0 Å². The van der Waals surface area contributed by atoms with Crippen LogP contribution in [0.5, 0.6) is 5.75 Å². The first kappa shape index (κ1) is 33.3. The molecular weight excluding hydrogens is 695 g/mol. The summed E-state index contributed by atoms with van der Waals surface area (Å²) < 4.78 is 45.6. The van der Waals surface area contributed by atoms with E-state index in [1.54, 1.807) is 33.9 Å². The molecular formula is C35H33FN8O7S. The average Bonchev–Trinajstić information content (AvgIpc) is 3.78. The highest BCUT2D eigenvalue weighted by Gasteiger charge is 2.38. The molecule has 52 heavy (non-hydrogen) atoms. The highest BCUT2D eigenvalue weighted by atomic mass is 32.2. The van der Waals surface area contributed by atoms with Gasteiger partial charge in [-0.05, 0) is 59.9 Å². The predicted octanol–water partition coefficient (Wildman–Crippen LogP) is 2.54. The summed E-state index contributed by atoms with van der Waals surface area (Å²) in [7, 11) is -2.48. The molecule has 5 heterocycles. The molecule has 4 amide bonds. The van der Waals surface area contributed by atoms with E-state index in [0.29, 0.717) is 46.0 Å². The van der Waals surface area contributed by atoms with Crippen LogP contribution in [0.15, 0.2) is 54.9 Å². The number of aromatic hydroxyl groups is 1. The third-order valence-corrected chi connectivity index (χ3v) is 11.5. The number of aromatic nitrogens is 4. The molecule has 17 heteroatoms. The van der Waals surface area contributed by atoms with Crippen molar-refractivity contribution in [1.82, 2.24) is 34.5 Å². The van der Waals surface area contributed by atoms with Crippen molar-refractivity contribution in [3.8, 4) is 16.9 Å². The van der Waals surface area contributed by atoms with Crippen molar-refractivity contribution in [2.24, 2.45) is 7.05 Å². The Hall–Kier alpha value is -5.84. The summed E-state index contributed by atoms with van der Waals surface area (Å²) in [6.45, 7) is 0.531. The fourth-order valence-corrected chi connectivity index (χ4v) is 8.63. The number of anilines is 1. The van der Waals surface area contributed by atoms with Gasteiger partial charge in [0.05, 0.1) is 23.3 Å². The molecule has 1 unspecified atom stereocenters. The maximum atomic E-state index is 15.5. The van der Waals surface area contributed by atoms with Gasteiger partial charge in [-0.1, -0.05) is 24.3 Å². The second-order valence-corrected chi connectivity index (χ2v) is 15.0. The number of rotatable bonds is 6. The van der Waals surface area contributed by atoms with Crippen LogP contribution >= 0.6 is 0 Å². The van der Waals surface area contributed by atoms with E-state index >= 15 is 4.39 Å².